The van der Waals surface area contributed by atoms with Crippen LogP contribution >= 0.6 is 24.0 Å². The number of fused-ring (bicyclic) bond motifs is 1. The van der Waals surface area contributed by atoms with E-state index in [-0.39, 0.29) is 5.91 Å². The first-order valence-corrected chi connectivity index (χ1v) is 8.70. The van der Waals surface area contributed by atoms with Crippen molar-refractivity contribution in [3.05, 3.63) is 77.1 Å². The number of hydrogen-bond donors (Lipinski definition) is 0. The van der Waals surface area contributed by atoms with E-state index < -0.39 is 0 Å². The van der Waals surface area contributed by atoms with E-state index in [2.05, 4.69) is 18.2 Å². The van der Waals surface area contributed by atoms with E-state index in [1.165, 1.54) is 11.8 Å². The molecule has 3 nitrogen and oxygen atoms in total. The lowest BCUT2D eigenvalue weighted by Crippen LogP contribution is -2.27. The average Bonchev–Trinajstić information content (AvgIpc) is 3.20. The molecule has 1 aliphatic heterocycles. The first kappa shape index (κ1) is 15.2. The van der Waals surface area contributed by atoms with Crippen molar-refractivity contribution in [3.8, 4) is 0 Å². The number of furan rings is 1. The Morgan fingerprint density at radius 3 is 2.75 bits per heavy atom. The molecule has 0 spiro atoms. The third-order valence-electron chi connectivity index (χ3n) is 3.88. The van der Waals surface area contributed by atoms with E-state index in [1.807, 2.05) is 36.4 Å². The van der Waals surface area contributed by atoms with Gasteiger partial charge in [-0.3, -0.25) is 9.69 Å². The van der Waals surface area contributed by atoms with E-state index >= 15 is 0 Å². The Bertz CT molecular complexity index is 955. The highest BCUT2D eigenvalue weighted by Crippen LogP contribution is 2.34. The SMILES string of the molecule is O=C1C(=Cc2cccc3ccccc23)SC(=S)N1Cc1ccco1. The predicted molar refractivity (Wildman–Crippen MR) is 101 cm³/mol. The molecular formula is C19H13NO2S2. The maximum atomic E-state index is 12.7. The molecule has 2 aromatic carbocycles. The number of carbonyl (C=O) groups is 1. The van der Waals surface area contributed by atoms with Crippen molar-refractivity contribution in [1.29, 1.82) is 0 Å². The summed E-state index contributed by atoms with van der Waals surface area (Å²) in [7, 11) is 0. The van der Waals surface area contributed by atoms with Crippen LogP contribution in [-0.4, -0.2) is 15.1 Å². The molecule has 0 radical (unpaired) electrons. The first-order chi connectivity index (χ1) is 11.7. The van der Waals surface area contributed by atoms with Crippen LogP contribution in [0, 0.1) is 0 Å². The molecule has 4 rings (SSSR count). The maximum absolute atomic E-state index is 12.7. The lowest BCUT2D eigenvalue weighted by Gasteiger charge is -2.12. The van der Waals surface area contributed by atoms with Crippen LogP contribution in [0.1, 0.15) is 11.3 Å². The van der Waals surface area contributed by atoms with E-state index in [0.29, 0.717) is 15.8 Å². The van der Waals surface area contributed by atoms with Crippen molar-refractivity contribution in [3.63, 3.8) is 0 Å². The van der Waals surface area contributed by atoms with Gasteiger partial charge in [0.15, 0.2) is 0 Å². The number of thiocarbonyl (C=S) groups is 1. The molecule has 3 aromatic rings. The highest BCUT2D eigenvalue weighted by atomic mass is 32.2. The average molecular weight is 351 g/mol. The van der Waals surface area contributed by atoms with Gasteiger partial charge in [0.1, 0.15) is 10.1 Å². The third-order valence-corrected chi connectivity index (χ3v) is 5.26. The number of thioether (sulfide) groups is 1. The smallest absolute Gasteiger partial charge is 0.266 e. The lowest BCUT2D eigenvalue weighted by atomic mass is 10.0. The molecule has 118 valence electrons. The minimum atomic E-state index is -0.0747. The normalized spacial score (nSPS) is 16.5. The Labute approximate surface area is 148 Å². The Balaban J connectivity index is 1.68. The molecule has 0 aliphatic carbocycles. The zero-order chi connectivity index (χ0) is 16.5. The van der Waals surface area contributed by atoms with Gasteiger partial charge in [-0.25, -0.2) is 0 Å². The topological polar surface area (TPSA) is 33.5 Å². The molecule has 1 amide bonds. The molecule has 1 aromatic heterocycles. The zero-order valence-corrected chi connectivity index (χ0v) is 14.3. The molecule has 0 bridgehead atoms. The summed E-state index contributed by atoms with van der Waals surface area (Å²) in [5.74, 6) is 0.645. The van der Waals surface area contributed by atoms with Gasteiger partial charge in [0.05, 0.1) is 17.7 Å². The van der Waals surface area contributed by atoms with Gasteiger partial charge in [-0.1, -0.05) is 66.4 Å². The Morgan fingerprint density at radius 1 is 1.08 bits per heavy atom. The number of carbonyl (C=O) groups excluding carboxylic acids is 1. The van der Waals surface area contributed by atoms with Gasteiger partial charge in [-0.05, 0) is 34.5 Å². The Kier molecular flexibility index (Phi) is 3.96. The number of nitrogens with zero attached hydrogens (tertiary/aromatic N) is 1. The summed E-state index contributed by atoms with van der Waals surface area (Å²) in [6.45, 7) is 0.366. The number of benzene rings is 2. The van der Waals surface area contributed by atoms with Gasteiger partial charge < -0.3 is 4.42 Å². The van der Waals surface area contributed by atoms with Crippen molar-refractivity contribution in [2.24, 2.45) is 0 Å². The predicted octanol–water partition coefficient (Wildman–Crippen LogP) is 4.83. The quantitative estimate of drug-likeness (QED) is 0.500. The summed E-state index contributed by atoms with van der Waals surface area (Å²) in [4.78, 5) is 14.9. The van der Waals surface area contributed by atoms with E-state index in [1.54, 1.807) is 17.2 Å². The standard InChI is InChI=1S/C19H13NO2S2/c21-18-17(24-19(23)20(18)12-15-8-4-10-22-15)11-14-7-3-6-13-5-1-2-9-16(13)14/h1-11H,12H2. The van der Waals surface area contributed by atoms with Crippen LogP contribution in [0.3, 0.4) is 0 Å². The summed E-state index contributed by atoms with van der Waals surface area (Å²) in [5.41, 5.74) is 1.02. The molecule has 2 heterocycles. The lowest BCUT2D eigenvalue weighted by molar-refractivity contribution is -0.122. The minimum absolute atomic E-state index is 0.0747. The van der Waals surface area contributed by atoms with Crippen LogP contribution in [0.2, 0.25) is 0 Å². The van der Waals surface area contributed by atoms with Crippen molar-refractivity contribution >= 4 is 51.1 Å². The first-order valence-electron chi connectivity index (χ1n) is 7.48. The molecule has 1 saturated heterocycles. The van der Waals surface area contributed by atoms with E-state index in [0.717, 1.165) is 22.1 Å². The summed E-state index contributed by atoms with van der Waals surface area (Å²) in [6, 6.07) is 17.9. The second-order valence-electron chi connectivity index (χ2n) is 5.42. The second kappa shape index (κ2) is 6.26. The van der Waals surface area contributed by atoms with Gasteiger partial charge in [0.2, 0.25) is 0 Å². The number of rotatable bonds is 3. The Hall–Kier alpha value is -2.37. The molecular weight excluding hydrogens is 338 g/mol. The molecule has 1 fully saturated rings. The molecule has 0 N–H and O–H groups in total. The van der Waals surface area contributed by atoms with E-state index in [4.69, 9.17) is 16.6 Å². The van der Waals surface area contributed by atoms with Crippen LogP contribution in [0.4, 0.5) is 0 Å². The maximum Gasteiger partial charge on any atom is 0.266 e. The molecule has 0 unspecified atom stereocenters. The molecule has 0 saturated carbocycles. The van der Waals surface area contributed by atoms with Crippen molar-refractivity contribution in [2.75, 3.05) is 0 Å². The third kappa shape index (κ3) is 2.77. The summed E-state index contributed by atoms with van der Waals surface area (Å²) in [6.07, 6.45) is 3.52. The summed E-state index contributed by atoms with van der Waals surface area (Å²) >= 11 is 6.70. The van der Waals surface area contributed by atoms with Crippen LogP contribution in [-0.2, 0) is 11.3 Å². The molecule has 1 aliphatic rings. The fraction of sp³-hybridized carbons (Fsp3) is 0.0526. The van der Waals surface area contributed by atoms with Gasteiger partial charge >= 0.3 is 0 Å². The van der Waals surface area contributed by atoms with Gasteiger partial charge in [0, 0.05) is 0 Å². The highest BCUT2D eigenvalue weighted by molar-refractivity contribution is 8.26. The summed E-state index contributed by atoms with van der Waals surface area (Å²) < 4.78 is 5.88. The second-order valence-corrected chi connectivity index (χ2v) is 7.09. The molecule has 0 atom stereocenters. The largest absolute Gasteiger partial charge is 0.467 e. The highest BCUT2D eigenvalue weighted by Gasteiger charge is 2.32. The van der Waals surface area contributed by atoms with Crippen LogP contribution < -0.4 is 0 Å². The van der Waals surface area contributed by atoms with Gasteiger partial charge in [0.25, 0.3) is 5.91 Å². The van der Waals surface area contributed by atoms with Crippen molar-refractivity contribution in [2.45, 2.75) is 6.54 Å². The number of amides is 1. The fourth-order valence-corrected chi connectivity index (χ4v) is 3.96. The van der Waals surface area contributed by atoms with Crippen LogP contribution in [0.25, 0.3) is 16.8 Å². The van der Waals surface area contributed by atoms with E-state index in [9.17, 15) is 4.79 Å². The van der Waals surface area contributed by atoms with Crippen LogP contribution in [0.5, 0.6) is 0 Å². The fourth-order valence-electron chi connectivity index (χ4n) is 2.71. The minimum Gasteiger partial charge on any atom is -0.467 e. The summed E-state index contributed by atoms with van der Waals surface area (Å²) in [5, 5.41) is 2.27. The monoisotopic (exact) mass is 351 g/mol. The van der Waals surface area contributed by atoms with Gasteiger partial charge in [-0.15, -0.1) is 0 Å². The zero-order valence-electron chi connectivity index (χ0n) is 12.6. The Morgan fingerprint density at radius 2 is 1.92 bits per heavy atom. The molecule has 5 heteroatoms. The van der Waals surface area contributed by atoms with Crippen molar-refractivity contribution in [1.82, 2.24) is 4.90 Å². The van der Waals surface area contributed by atoms with Crippen molar-refractivity contribution < 1.29 is 9.21 Å². The number of hydrogen-bond acceptors (Lipinski definition) is 4. The van der Waals surface area contributed by atoms with Gasteiger partial charge in [-0.2, -0.15) is 0 Å². The van der Waals surface area contributed by atoms with Crippen LogP contribution in [0.15, 0.2) is 70.2 Å². The molecule has 24 heavy (non-hydrogen) atoms.